The van der Waals surface area contributed by atoms with Gasteiger partial charge in [0.25, 0.3) is 0 Å². The van der Waals surface area contributed by atoms with Gasteiger partial charge < -0.3 is 5.32 Å². The lowest BCUT2D eigenvalue weighted by atomic mass is 10.0. The van der Waals surface area contributed by atoms with Gasteiger partial charge in [-0.2, -0.15) is 18.3 Å². The molecule has 1 N–H and O–H groups in total. The Morgan fingerprint density at radius 1 is 1.03 bits per heavy atom. The van der Waals surface area contributed by atoms with E-state index in [9.17, 15) is 22.4 Å². The van der Waals surface area contributed by atoms with Gasteiger partial charge in [0.1, 0.15) is 11.6 Å². The van der Waals surface area contributed by atoms with Gasteiger partial charge in [0, 0.05) is 48.4 Å². The highest BCUT2D eigenvalue weighted by Crippen LogP contribution is 2.32. The van der Waals surface area contributed by atoms with Crippen molar-refractivity contribution in [1.29, 1.82) is 0 Å². The summed E-state index contributed by atoms with van der Waals surface area (Å²) in [7, 11) is 0. The summed E-state index contributed by atoms with van der Waals surface area (Å²) in [5.41, 5.74) is 0.853. The molecule has 186 valence electrons. The van der Waals surface area contributed by atoms with Crippen molar-refractivity contribution >= 4 is 11.6 Å². The fraction of sp³-hybridized carbons (Fsp3) is 0.240. The lowest BCUT2D eigenvalue weighted by Crippen LogP contribution is -2.16. The van der Waals surface area contributed by atoms with E-state index in [2.05, 4.69) is 25.4 Å². The molecule has 7 nitrogen and oxygen atoms in total. The molecule has 1 aromatic carbocycles. The standard InChI is InChI=1S/C25H22F4N6O/c1-3-35-14-17(10-33-35)7-23-31-11-18(12-32-23)20-5-4-16(6-22(20)26)8-24(36)34-19-9-21(25(27,28)29)15(2)30-13-19/h4-6,9-14H,3,7-8H2,1-2H3,(H,34,36). The van der Waals surface area contributed by atoms with Crippen molar-refractivity contribution in [3.8, 4) is 11.1 Å². The third kappa shape index (κ3) is 5.91. The minimum absolute atomic E-state index is 0.0886. The molecule has 0 spiro atoms. The second kappa shape index (κ2) is 10.2. The van der Waals surface area contributed by atoms with Crippen LogP contribution in [0.1, 0.15) is 35.1 Å². The summed E-state index contributed by atoms with van der Waals surface area (Å²) in [4.78, 5) is 24.6. The lowest BCUT2D eigenvalue weighted by molar-refractivity contribution is -0.138. The number of benzene rings is 1. The Kier molecular flexibility index (Phi) is 7.09. The van der Waals surface area contributed by atoms with Gasteiger partial charge in [0.15, 0.2) is 0 Å². The van der Waals surface area contributed by atoms with Gasteiger partial charge in [-0.1, -0.05) is 12.1 Å². The second-order valence-electron chi connectivity index (χ2n) is 8.16. The number of hydrogen-bond donors (Lipinski definition) is 1. The third-order valence-corrected chi connectivity index (χ3v) is 5.46. The van der Waals surface area contributed by atoms with Crippen LogP contribution in [0.15, 0.2) is 55.2 Å². The van der Waals surface area contributed by atoms with Crippen molar-refractivity contribution in [3.63, 3.8) is 0 Å². The van der Waals surface area contributed by atoms with Crippen LogP contribution < -0.4 is 5.32 Å². The molecule has 0 atom stereocenters. The summed E-state index contributed by atoms with van der Waals surface area (Å²) in [6, 6.07) is 5.11. The van der Waals surface area contributed by atoms with Crippen LogP contribution in [0, 0.1) is 12.7 Å². The molecule has 0 aliphatic rings. The van der Waals surface area contributed by atoms with Crippen LogP contribution in [0.5, 0.6) is 0 Å². The van der Waals surface area contributed by atoms with Crippen LogP contribution in [0.25, 0.3) is 11.1 Å². The van der Waals surface area contributed by atoms with Crippen LogP contribution >= 0.6 is 0 Å². The number of aryl methyl sites for hydroxylation is 2. The number of carbonyl (C=O) groups is 1. The molecule has 1 amide bonds. The summed E-state index contributed by atoms with van der Waals surface area (Å²) >= 11 is 0. The van der Waals surface area contributed by atoms with Crippen LogP contribution in [-0.2, 0) is 30.4 Å². The molecule has 36 heavy (non-hydrogen) atoms. The first kappa shape index (κ1) is 25.0. The number of nitrogens with one attached hydrogen (secondary N) is 1. The Labute approximate surface area is 204 Å². The van der Waals surface area contributed by atoms with Crippen molar-refractivity contribution in [2.45, 2.75) is 39.4 Å². The first-order chi connectivity index (χ1) is 17.1. The molecular formula is C25H22F4N6O. The highest BCUT2D eigenvalue weighted by molar-refractivity contribution is 5.92. The molecule has 0 aliphatic heterocycles. The highest BCUT2D eigenvalue weighted by atomic mass is 19.4. The van der Waals surface area contributed by atoms with E-state index in [4.69, 9.17) is 0 Å². The van der Waals surface area contributed by atoms with E-state index in [0.29, 0.717) is 23.4 Å². The average molecular weight is 498 g/mol. The van der Waals surface area contributed by atoms with E-state index in [-0.39, 0.29) is 23.4 Å². The predicted octanol–water partition coefficient (Wildman–Crippen LogP) is 4.99. The monoisotopic (exact) mass is 498 g/mol. The van der Waals surface area contributed by atoms with Crippen LogP contribution in [0.2, 0.25) is 0 Å². The van der Waals surface area contributed by atoms with Crippen molar-refractivity contribution in [2.24, 2.45) is 0 Å². The predicted molar refractivity (Wildman–Crippen MR) is 124 cm³/mol. The zero-order valence-electron chi connectivity index (χ0n) is 19.5. The minimum atomic E-state index is -4.59. The van der Waals surface area contributed by atoms with Crippen molar-refractivity contribution in [2.75, 3.05) is 5.32 Å². The van der Waals surface area contributed by atoms with Crippen LogP contribution in [-0.4, -0.2) is 30.6 Å². The first-order valence-corrected chi connectivity index (χ1v) is 11.1. The maximum Gasteiger partial charge on any atom is 0.418 e. The molecule has 0 fully saturated rings. The SMILES string of the molecule is CCn1cc(Cc2ncc(-c3ccc(CC(=O)Nc4cnc(C)c(C(F)(F)F)c4)cc3F)cn2)cn1. The lowest BCUT2D eigenvalue weighted by Gasteiger charge is -2.12. The molecule has 0 radical (unpaired) electrons. The van der Waals surface area contributed by atoms with Gasteiger partial charge in [-0.05, 0) is 37.1 Å². The fourth-order valence-corrected chi connectivity index (χ4v) is 3.62. The molecule has 4 rings (SSSR count). The molecule has 4 aromatic rings. The summed E-state index contributed by atoms with van der Waals surface area (Å²) in [5, 5.41) is 6.59. The largest absolute Gasteiger partial charge is 0.418 e. The Bertz CT molecular complexity index is 1380. The summed E-state index contributed by atoms with van der Waals surface area (Å²) in [6.45, 7) is 3.99. The normalized spacial score (nSPS) is 11.5. The summed E-state index contributed by atoms with van der Waals surface area (Å²) in [6.07, 6.45) is 3.55. The van der Waals surface area contributed by atoms with Crippen molar-refractivity contribution in [3.05, 3.63) is 89.3 Å². The van der Waals surface area contributed by atoms with Crippen molar-refractivity contribution in [1.82, 2.24) is 24.7 Å². The molecule has 0 unspecified atom stereocenters. The Morgan fingerprint density at radius 3 is 2.42 bits per heavy atom. The number of nitrogens with zero attached hydrogens (tertiary/aromatic N) is 5. The molecule has 0 saturated carbocycles. The number of rotatable bonds is 7. The Balaban J connectivity index is 1.41. The topological polar surface area (TPSA) is 85.6 Å². The van der Waals surface area contributed by atoms with E-state index in [1.807, 2.05) is 13.1 Å². The van der Waals surface area contributed by atoms with Gasteiger partial charge in [-0.15, -0.1) is 0 Å². The number of amides is 1. The van der Waals surface area contributed by atoms with Gasteiger partial charge in [-0.25, -0.2) is 14.4 Å². The Morgan fingerprint density at radius 2 is 1.78 bits per heavy atom. The zero-order chi connectivity index (χ0) is 25.9. The molecule has 0 bridgehead atoms. The third-order valence-electron chi connectivity index (χ3n) is 5.46. The number of aromatic nitrogens is 5. The van der Waals surface area contributed by atoms with Crippen LogP contribution in [0.3, 0.4) is 0 Å². The van der Waals surface area contributed by atoms with Gasteiger partial charge >= 0.3 is 6.18 Å². The number of halogens is 4. The average Bonchev–Trinajstić information content (AvgIpc) is 3.28. The van der Waals surface area contributed by atoms with Crippen molar-refractivity contribution < 1.29 is 22.4 Å². The van der Waals surface area contributed by atoms with Gasteiger partial charge in [0.05, 0.1) is 30.1 Å². The van der Waals surface area contributed by atoms with Gasteiger partial charge in [-0.3, -0.25) is 14.5 Å². The smallest absolute Gasteiger partial charge is 0.324 e. The molecular weight excluding hydrogens is 476 g/mol. The van der Waals surface area contributed by atoms with E-state index in [1.54, 1.807) is 16.9 Å². The Hall–Kier alpha value is -4.15. The van der Waals surface area contributed by atoms with E-state index in [0.717, 1.165) is 24.4 Å². The maximum atomic E-state index is 14.8. The second-order valence-corrected chi connectivity index (χ2v) is 8.16. The maximum absolute atomic E-state index is 14.8. The number of pyridine rings is 1. The number of carbonyl (C=O) groups excluding carboxylic acids is 1. The molecule has 11 heteroatoms. The summed E-state index contributed by atoms with van der Waals surface area (Å²) < 4.78 is 55.8. The van der Waals surface area contributed by atoms with Gasteiger partial charge in [0.2, 0.25) is 5.91 Å². The number of alkyl halides is 3. The van der Waals surface area contributed by atoms with Crippen LogP contribution in [0.4, 0.5) is 23.2 Å². The zero-order valence-corrected chi connectivity index (χ0v) is 19.5. The molecule has 3 aromatic heterocycles. The van der Waals surface area contributed by atoms with E-state index < -0.39 is 23.5 Å². The quantitative estimate of drug-likeness (QED) is 0.363. The van der Waals surface area contributed by atoms with E-state index in [1.165, 1.54) is 31.5 Å². The number of anilines is 1. The first-order valence-electron chi connectivity index (χ1n) is 11.1. The number of hydrogen-bond acceptors (Lipinski definition) is 5. The minimum Gasteiger partial charge on any atom is -0.324 e. The van der Waals surface area contributed by atoms with E-state index >= 15 is 0 Å². The molecule has 0 aliphatic carbocycles. The fourth-order valence-electron chi connectivity index (χ4n) is 3.62. The molecule has 3 heterocycles. The highest BCUT2D eigenvalue weighted by Gasteiger charge is 2.33. The molecule has 0 saturated heterocycles. The summed E-state index contributed by atoms with van der Waals surface area (Å²) in [5.74, 6) is -0.598.